The molecule has 0 saturated carbocycles. The first-order chi connectivity index (χ1) is 10.6. The van der Waals surface area contributed by atoms with Gasteiger partial charge in [0.2, 0.25) is 5.91 Å². The fraction of sp³-hybridized carbons (Fsp3) is 0.235. The summed E-state index contributed by atoms with van der Waals surface area (Å²) in [5, 5.41) is 21.8. The molecule has 0 aromatic heterocycles. The summed E-state index contributed by atoms with van der Waals surface area (Å²) in [6.07, 6.45) is 0. The Labute approximate surface area is 129 Å². The van der Waals surface area contributed by atoms with Gasteiger partial charge in [-0.05, 0) is 41.0 Å². The average molecular weight is 301 g/mol. The molecule has 0 radical (unpaired) electrons. The van der Waals surface area contributed by atoms with Crippen LogP contribution in [0.3, 0.4) is 0 Å². The Morgan fingerprint density at radius 2 is 1.73 bits per heavy atom. The van der Waals surface area contributed by atoms with E-state index in [0.29, 0.717) is 16.8 Å². The van der Waals surface area contributed by atoms with Crippen LogP contribution in [-0.2, 0) is 18.0 Å². The summed E-state index contributed by atoms with van der Waals surface area (Å²) in [7, 11) is 1.60. The van der Waals surface area contributed by atoms with Gasteiger partial charge in [-0.25, -0.2) is 0 Å². The second-order valence-electron chi connectivity index (χ2n) is 4.89. The van der Waals surface area contributed by atoms with Crippen LogP contribution < -0.4 is 10.1 Å². The number of hydrogen-bond donors (Lipinski definition) is 3. The van der Waals surface area contributed by atoms with E-state index in [9.17, 15) is 15.0 Å². The van der Waals surface area contributed by atoms with Crippen LogP contribution in [-0.4, -0.2) is 23.2 Å². The second kappa shape index (κ2) is 7.06. The lowest BCUT2D eigenvalue weighted by Gasteiger charge is -2.15. The maximum absolute atomic E-state index is 11.2. The smallest absolute Gasteiger partial charge is 0.221 e. The minimum atomic E-state index is -0.226. The van der Waals surface area contributed by atoms with Gasteiger partial charge in [0.15, 0.2) is 0 Å². The molecule has 0 bridgehead atoms. The summed E-state index contributed by atoms with van der Waals surface area (Å²) < 4.78 is 5.13. The molecule has 0 aliphatic rings. The van der Waals surface area contributed by atoms with E-state index in [-0.39, 0.29) is 19.1 Å². The van der Waals surface area contributed by atoms with Crippen LogP contribution in [0.4, 0.5) is 5.69 Å². The Balaban J connectivity index is 2.51. The van der Waals surface area contributed by atoms with Crippen molar-refractivity contribution in [1.29, 1.82) is 0 Å². The minimum absolute atomic E-state index is 0.167. The Morgan fingerprint density at radius 3 is 2.23 bits per heavy atom. The minimum Gasteiger partial charge on any atom is -0.497 e. The van der Waals surface area contributed by atoms with Gasteiger partial charge in [-0.3, -0.25) is 4.79 Å². The standard InChI is InChI=1S/C17H19NO4/c1-11(21)18-17-8-13(9-19)16(7-14(17)10-20)12-3-5-15(22-2)6-4-12/h3-8,19-20H,9-10H2,1-2H3,(H,18,21). The SMILES string of the molecule is COc1ccc(-c2cc(CO)c(NC(C)=O)cc2CO)cc1. The zero-order valence-corrected chi connectivity index (χ0v) is 12.6. The molecule has 2 rings (SSSR count). The van der Waals surface area contributed by atoms with Crippen molar-refractivity contribution in [3.63, 3.8) is 0 Å². The van der Waals surface area contributed by atoms with E-state index < -0.39 is 0 Å². The Bertz CT molecular complexity index is 665. The summed E-state index contributed by atoms with van der Waals surface area (Å²) in [6.45, 7) is 1.03. The van der Waals surface area contributed by atoms with Crippen LogP contribution in [0, 0.1) is 0 Å². The lowest BCUT2D eigenvalue weighted by atomic mass is 9.96. The first-order valence-electron chi connectivity index (χ1n) is 6.88. The summed E-state index contributed by atoms with van der Waals surface area (Å²) >= 11 is 0. The fourth-order valence-corrected chi connectivity index (χ4v) is 2.30. The Morgan fingerprint density at radius 1 is 1.09 bits per heavy atom. The molecule has 116 valence electrons. The number of methoxy groups -OCH3 is 1. The summed E-state index contributed by atoms with van der Waals surface area (Å²) in [4.78, 5) is 11.2. The predicted octanol–water partition coefficient (Wildman–Crippen LogP) is 2.31. The molecule has 0 saturated heterocycles. The van der Waals surface area contributed by atoms with Crippen LogP contribution in [0.15, 0.2) is 36.4 Å². The lowest BCUT2D eigenvalue weighted by Crippen LogP contribution is -2.09. The van der Waals surface area contributed by atoms with Gasteiger partial charge in [-0.15, -0.1) is 0 Å². The molecule has 0 fully saturated rings. The quantitative estimate of drug-likeness (QED) is 0.792. The van der Waals surface area contributed by atoms with Crippen molar-refractivity contribution in [2.24, 2.45) is 0 Å². The summed E-state index contributed by atoms with van der Waals surface area (Å²) in [5.74, 6) is 0.516. The number of nitrogens with one attached hydrogen (secondary N) is 1. The third-order valence-electron chi connectivity index (χ3n) is 3.38. The van der Waals surface area contributed by atoms with Gasteiger partial charge in [0.25, 0.3) is 0 Å². The molecule has 2 aromatic rings. The van der Waals surface area contributed by atoms with Crippen LogP contribution in [0.5, 0.6) is 5.75 Å². The van der Waals surface area contributed by atoms with Crippen molar-refractivity contribution in [1.82, 2.24) is 0 Å². The van der Waals surface area contributed by atoms with E-state index >= 15 is 0 Å². The van der Waals surface area contributed by atoms with E-state index in [1.807, 2.05) is 24.3 Å². The first kappa shape index (κ1) is 16.0. The number of anilines is 1. The highest BCUT2D eigenvalue weighted by molar-refractivity contribution is 5.90. The second-order valence-corrected chi connectivity index (χ2v) is 4.89. The predicted molar refractivity (Wildman–Crippen MR) is 84.6 cm³/mol. The molecule has 0 unspecified atom stereocenters. The van der Waals surface area contributed by atoms with Crippen LogP contribution in [0.25, 0.3) is 11.1 Å². The lowest BCUT2D eigenvalue weighted by molar-refractivity contribution is -0.114. The van der Waals surface area contributed by atoms with Gasteiger partial charge in [0.05, 0.1) is 20.3 Å². The average Bonchev–Trinajstić information content (AvgIpc) is 2.54. The van der Waals surface area contributed by atoms with Gasteiger partial charge >= 0.3 is 0 Å². The summed E-state index contributed by atoms with van der Waals surface area (Å²) in [5.41, 5.74) is 3.48. The first-order valence-corrected chi connectivity index (χ1v) is 6.88. The number of aliphatic hydroxyl groups excluding tert-OH is 2. The summed E-state index contributed by atoms with van der Waals surface area (Å²) in [6, 6.07) is 10.9. The highest BCUT2D eigenvalue weighted by Crippen LogP contribution is 2.31. The zero-order chi connectivity index (χ0) is 16.1. The molecule has 5 nitrogen and oxygen atoms in total. The number of hydrogen-bond acceptors (Lipinski definition) is 4. The molecule has 3 N–H and O–H groups in total. The van der Waals surface area contributed by atoms with Crippen LogP contribution in [0.2, 0.25) is 0 Å². The van der Waals surface area contributed by atoms with Gasteiger partial charge in [0, 0.05) is 18.2 Å². The largest absolute Gasteiger partial charge is 0.497 e. The molecule has 22 heavy (non-hydrogen) atoms. The molecular weight excluding hydrogens is 282 g/mol. The maximum atomic E-state index is 11.2. The molecule has 0 atom stereocenters. The van der Waals surface area contributed by atoms with E-state index in [4.69, 9.17) is 4.74 Å². The van der Waals surface area contributed by atoms with Gasteiger partial charge in [-0.2, -0.15) is 0 Å². The normalized spacial score (nSPS) is 10.4. The Kier molecular flexibility index (Phi) is 5.14. The number of aliphatic hydroxyl groups is 2. The van der Waals surface area contributed by atoms with Crippen molar-refractivity contribution in [2.45, 2.75) is 20.1 Å². The highest BCUT2D eigenvalue weighted by Gasteiger charge is 2.12. The van der Waals surface area contributed by atoms with E-state index in [2.05, 4.69) is 5.32 Å². The van der Waals surface area contributed by atoms with E-state index in [1.54, 1.807) is 19.2 Å². The number of benzene rings is 2. The van der Waals surface area contributed by atoms with Gasteiger partial charge in [0.1, 0.15) is 5.75 Å². The number of ether oxygens (including phenoxy) is 1. The third-order valence-corrected chi connectivity index (χ3v) is 3.38. The molecular formula is C17H19NO4. The molecule has 0 aliphatic carbocycles. The van der Waals surface area contributed by atoms with E-state index in [0.717, 1.165) is 16.9 Å². The highest BCUT2D eigenvalue weighted by atomic mass is 16.5. The van der Waals surface area contributed by atoms with E-state index in [1.165, 1.54) is 6.92 Å². The Hall–Kier alpha value is -2.37. The monoisotopic (exact) mass is 301 g/mol. The number of carbonyl (C=O) groups excluding carboxylic acids is 1. The fourth-order valence-electron chi connectivity index (χ4n) is 2.30. The van der Waals surface area contributed by atoms with Crippen LogP contribution >= 0.6 is 0 Å². The van der Waals surface area contributed by atoms with Crippen molar-refractivity contribution >= 4 is 11.6 Å². The third kappa shape index (κ3) is 3.44. The molecule has 0 aliphatic heterocycles. The van der Waals surface area contributed by atoms with Crippen LogP contribution in [0.1, 0.15) is 18.1 Å². The van der Waals surface area contributed by atoms with Crippen molar-refractivity contribution in [2.75, 3.05) is 12.4 Å². The molecule has 0 heterocycles. The molecule has 2 aromatic carbocycles. The molecule has 1 amide bonds. The van der Waals surface area contributed by atoms with Crippen molar-refractivity contribution in [3.8, 4) is 16.9 Å². The van der Waals surface area contributed by atoms with Gasteiger partial charge < -0.3 is 20.3 Å². The number of amides is 1. The number of carbonyl (C=O) groups is 1. The van der Waals surface area contributed by atoms with Crippen molar-refractivity contribution < 1.29 is 19.7 Å². The number of rotatable bonds is 5. The maximum Gasteiger partial charge on any atom is 0.221 e. The van der Waals surface area contributed by atoms with Gasteiger partial charge in [-0.1, -0.05) is 12.1 Å². The van der Waals surface area contributed by atoms with Crippen molar-refractivity contribution in [3.05, 3.63) is 47.5 Å². The molecule has 0 spiro atoms. The topological polar surface area (TPSA) is 78.8 Å². The zero-order valence-electron chi connectivity index (χ0n) is 12.6. The molecule has 5 heteroatoms.